The number of amides is 1. The predicted molar refractivity (Wildman–Crippen MR) is 79.6 cm³/mol. The summed E-state index contributed by atoms with van der Waals surface area (Å²) in [4.78, 5) is 12.1. The van der Waals surface area contributed by atoms with Crippen molar-refractivity contribution >= 4 is 5.91 Å². The molecule has 0 unspecified atom stereocenters. The third-order valence-corrected chi connectivity index (χ3v) is 2.96. The monoisotopic (exact) mass is 283 g/mol. The SMILES string of the molecule is Cc1ccc(C(=O)NCc2ccco2)cc1C#CCCO. The fourth-order valence-corrected chi connectivity index (χ4v) is 1.79. The lowest BCUT2D eigenvalue weighted by Gasteiger charge is -2.05. The van der Waals surface area contributed by atoms with E-state index in [0.717, 1.165) is 11.1 Å². The summed E-state index contributed by atoms with van der Waals surface area (Å²) in [7, 11) is 0. The van der Waals surface area contributed by atoms with Gasteiger partial charge in [0.25, 0.3) is 5.91 Å². The first-order chi connectivity index (χ1) is 10.2. The number of furan rings is 1. The molecule has 0 saturated heterocycles. The van der Waals surface area contributed by atoms with E-state index in [4.69, 9.17) is 9.52 Å². The molecule has 0 atom stereocenters. The molecule has 0 aliphatic carbocycles. The van der Waals surface area contributed by atoms with Gasteiger partial charge >= 0.3 is 0 Å². The molecule has 0 fully saturated rings. The Morgan fingerprint density at radius 2 is 2.24 bits per heavy atom. The van der Waals surface area contributed by atoms with Gasteiger partial charge in [0, 0.05) is 17.5 Å². The molecule has 4 heteroatoms. The highest BCUT2D eigenvalue weighted by atomic mass is 16.3. The van der Waals surface area contributed by atoms with Crippen molar-refractivity contribution in [2.24, 2.45) is 0 Å². The van der Waals surface area contributed by atoms with Gasteiger partial charge in [-0.1, -0.05) is 17.9 Å². The highest BCUT2D eigenvalue weighted by Crippen LogP contribution is 2.10. The van der Waals surface area contributed by atoms with Gasteiger partial charge in [-0.05, 0) is 36.8 Å². The van der Waals surface area contributed by atoms with Crippen molar-refractivity contribution in [1.82, 2.24) is 5.32 Å². The molecule has 1 aromatic carbocycles. The number of rotatable bonds is 4. The summed E-state index contributed by atoms with van der Waals surface area (Å²) < 4.78 is 5.17. The molecular formula is C17H17NO3. The average Bonchev–Trinajstić information content (AvgIpc) is 3.00. The summed E-state index contributed by atoms with van der Waals surface area (Å²) in [5.41, 5.74) is 2.36. The third kappa shape index (κ3) is 4.23. The lowest BCUT2D eigenvalue weighted by Crippen LogP contribution is -2.22. The summed E-state index contributed by atoms with van der Waals surface area (Å²) in [6.45, 7) is 2.33. The Morgan fingerprint density at radius 3 is 2.95 bits per heavy atom. The zero-order valence-corrected chi connectivity index (χ0v) is 11.8. The maximum atomic E-state index is 12.1. The van der Waals surface area contributed by atoms with Crippen molar-refractivity contribution in [2.75, 3.05) is 6.61 Å². The van der Waals surface area contributed by atoms with Crippen LogP contribution in [-0.4, -0.2) is 17.6 Å². The van der Waals surface area contributed by atoms with E-state index < -0.39 is 0 Å². The van der Waals surface area contributed by atoms with Crippen molar-refractivity contribution in [3.63, 3.8) is 0 Å². The van der Waals surface area contributed by atoms with Crippen LogP contribution in [0.25, 0.3) is 0 Å². The van der Waals surface area contributed by atoms with Crippen LogP contribution in [0, 0.1) is 18.8 Å². The van der Waals surface area contributed by atoms with E-state index in [-0.39, 0.29) is 12.5 Å². The Labute approximate surface area is 123 Å². The molecule has 0 spiro atoms. The Morgan fingerprint density at radius 1 is 1.38 bits per heavy atom. The normalized spacial score (nSPS) is 9.81. The number of nitrogens with one attached hydrogen (secondary N) is 1. The van der Waals surface area contributed by atoms with E-state index in [9.17, 15) is 4.79 Å². The molecule has 108 valence electrons. The van der Waals surface area contributed by atoms with Gasteiger partial charge in [0.05, 0.1) is 19.4 Å². The fraction of sp³-hybridized carbons (Fsp3) is 0.235. The van der Waals surface area contributed by atoms with Gasteiger partial charge in [0.2, 0.25) is 0 Å². The zero-order valence-electron chi connectivity index (χ0n) is 11.8. The second kappa shape index (κ2) is 7.32. The number of carbonyl (C=O) groups excluding carboxylic acids is 1. The quantitative estimate of drug-likeness (QED) is 0.846. The lowest BCUT2D eigenvalue weighted by molar-refractivity contribution is 0.0948. The first-order valence-electron chi connectivity index (χ1n) is 6.71. The zero-order chi connectivity index (χ0) is 15.1. The Bertz CT molecular complexity index is 663. The predicted octanol–water partition coefficient (Wildman–Crippen LogP) is 2.25. The van der Waals surface area contributed by atoms with Gasteiger partial charge in [0.15, 0.2) is 0 Å². The van der Waals surface area contributed by atoms with E-state index in [1.54, 1.807) is 30.5 Å². The van der Waals surface area contributed by atoms with E-state index in [1.165, 1.54) is 0 Å². The second-order valence-corrected chi connectivity index (χ2v) is 4.57. The molecule has 0 aliphatic rings. The smallest absolute Gasteiger partial charge is 0.251 e. The van der Waals surface area contributed by atoms with Crippen LogP contribution in [0.4, 0.5) is 0 Å². The van der Waals surface area contributed by atoms with Crippen LogP contribution in [0.3, 0.4) is 0 Å². The molecule has 4 nitrogen and oxygen atoms in total. The topological polar surface area (TPSA) is 62.5 Å². The Balaban J connectivity index is 2.07. The van der Waals surface area contributed by atoms with Gasteiger partial charge in [0.1, 0.15) is 5.76 Å². The van der Waals surface area contributed by atoms with Crippen LogP contribution in [0.15, 0.2) is 41.0 Å². The average molecular weight is 283 g/mol. The number of aliphatic hydroxyl groups is 1. The summed E-state index contributed by atoms with van der Waals surface area (Å²) in [5.74, 6) is 6.37. The van der Waals surface area contributed by atoms with Gasteiger partial charge in [-0.25, -0.2) is 0 Å². The van der Waals surface area contributed by atoms with Gasteiger partial charge in [-0.3, -0.25) is 4.79 Å². The fourth-order valence-electron chi connectivity index (χ4n) is 1.79. The molecule has 1 aromatic heterocycles. The molecule has 2 aromatic rings. The molecule has 2 rings (SSSR count). The molecule has 2 N–H and O–H groups in total. The number of hydrogen-bond donors (Lipinski definition) is 2. The molecule has 0 radical (unpaired) electrons. The molecule has 0 aliphatic heterocycles. The molecule has 0 bridgehead atoms. The van der Waals surface area contributed by atoms with Crippen molar-refractivity contribution in [3.8, 4) is 11.8 Å². The minimum atomic E-state index is -0.170. The van der Waals surface area contributed by atoms with Crippen molar-refractivity contribution in [1.29, 1.82) is 0 Å². The number of benzene rings is 1. The van der Waals surface area contributed by atoms with E-state index >= 15 is 0 Å². The third-order valence-electron chi connectivity index (χ3n) is 2.96. The molecule has 21 heavy (non-hydrogen) atoms. The number of carbonyl (C=O) groups is 1. The molecule has 1 amide bonds. The number of hydrogen-bond acceptors (Lipinski definition) is 3. The first-order valence-corrected chi connectivity index (χ1v) is 6.71. The highest BCUT2D eigenvalue weighted by Gasteiger charge is 2.07. The van der Waals surface area contributed by atoms with Crippen LogP contribution >= 0.6 is 0 Å². The maximum absolute atomic E-state index is 12.1. The van der Waals surface area contributed by atoms with Crippen molar-refractivity contribution in [3.05, 3.63) is 59.0 Å². The van der Waals surface area contributed by atoms with E-state index in [2.05, 4.69) is 17.2 Å². The van der Waals surface area contributed by atoms with Gasteiger partial charge in [-0.15, -0.1) is 0 Å². The van der Waals surface area contributed by atoms with E-state index in [1.807, 2.05) is 13.0 Å². The summed E-state index contributed by atoms with van der Waals surface area (Å²) in [6, 6.07) is 8.98. The number of aliphatic hydroxyl groups excluding tert-OH is 1. The van der Waals surface area contributed by atoms with Crippen molar-refractivity contribution < 1.29 is 14.3 Å². The van der Waals surface area contributed by atoms with Crippen LogP contribution < -0.4 is 5.32 Å². The summed E-state index contributed by atoms with van der Waals surface area (Å²) in [6.07, 6.45) is 2.00. The maximum Gasteiger partial charge on any atom is 0.251 e. The van der Waals surface area contributed by atoms with Crippen LogP contribution in [0.5, 0.6) is 0 Å². The summed E-state index contributed by atoms with van der Waals surface area (Å²) >= 11 is 0. The van der Waals surface area contributed by atoms with Gasteiger partial charge in [-0.2, -0.15) is 0 Å². The molecule has 1 heterocycles. The van der Waals surface area contributed by atoms with E-state index in [0.29, 0.717) is 24.3 Å². The second-order valence-electron chi connectivity index (χ2n) is 4.57. The molecule has 0 saturated carbocycles. The first kappa shape index (κ1) is 14.9. The minimum absolute atomic E-state index is 0.0371. The Kier molecular flexibility index (Phi) is 5.19. The van der Waals surface area contributed by atoms with Gasteiger partial charge < -0.3 is 14.8 Å². The standard InChI is InChI=1S/C17H17NO3/c1-13-7-8-15(11-14(13)5-2-3-9-19)17(20)18-12-16-6-4-10-21-16/h4,6-8,10-11,19H,3,9,12H2,1H3,(H,18,20). The largest absolute Gasteiger partial charge is 0.467 e. The number of aryl methyl sites for hydroxylation is 1. The lowest BCUT2D eigenvalue weighted by atomic mass is 10.0. The Hall–Kier alpha value is -2.51. The van der Waals surface area contributed by atoms with Crippen LogP contribution in [0.1, 0.15) is 33.7 Å². The van der Waals surface area contributed by atoms with Crippen molar-refractivity contribution in [2.45, 2.75) is 19.9 Å². The van der Waals surface area contributed by atoms with Crippen LogP contribution in [0.2, 0.25) is 0 Å². The minimum Gasteiger partial charge on any atom is -0.467 e. The molecular weight excluding hydrogens is 266 g/mol. The van der Waals surface area contributed by atoms with Crippen LogP contribution in [-0.2, 0) is 6.54 Å². The summed E-state index contributed by atoms with van der Waals surface area (Å²) in [5, 5.41) is 11.5. The highest BCUT2D eigenvalue weighted by molar-refractivity contribution is 5.94.